The summed E-state index contributed by atoms with van der Waals surface area (Å²) in [4.78, 5) is 0. The summed E-state index contributed by atoms with van der Waals surface area (Å²) in [5.74, 6) is 8.69. The molecule has 0 nitrogen and oxygen atoms in total. The van der Waals surface area contributed by atoms with Crippen LogP contribution < -0.4 is 0 Å². The van der Waals surface area contributed by atoms with Crippen LogP contribution in [0.5, 0.6) is 0 Å². The van der Waals surface area contributed by atoms with Gasteiger partial charge < -0.3 is 0 Å². The quantitative estimate of drug-likeness (QED) is 0.132. The lowest BCUT2D eigenvalue weighted by Gasteiger charge is -2.23. The van der Waals surface area contributed by atoms with Crippen molar-refractivity contribution in [2.75, 3.05) is 0 Å². The molecule has 172 valence electrons. The van der Waals surface area contributed by atoms with Crippen molar-refractivity contribution in [3.8, 4) is 11.8 Å². The third-order valence-corrected chi connectivity index (χ3v) is 6.78. The predicted molar refractivity (Wildman–Crippen MR) is 134 cm³/mol. The van der Waals surface area contributed by atoms with Crippen molar-refractivity contribution in [3.63, 3.8) is 0 Å². The lowest BCUT2D eigenvalue weighted by Crippen LogP contribution is -2.11. The second-order valence-corrected chi connectivity index (χ2v) is 9.53. The van der Waals surface area contributed by atoms with Gasteiger partial charge in [-0.3, -0.25) is 0 Å². The number of unbranched alkanes of at least 4 members (excludes halogenated alkanes) is 15. The molecule has 0 heteroatoms. The third-order valence-electron chi connectivity index (χ3n) is 6.78. The molecule has 0 bridgehead atoms. The van der Waals surface area contributed by atoms with Gasteiger partial charge in [-0.15, -0.1) is 11.8 Å². The molecule has 0 saturated heterocycles. The van der Waals surface area contributed by atoms with Gasteiger partial charge in [-0.05, 0) is 24.7 Å². The molecule has 0 fully saturated rings. The smallest absolute Gasteiger partial charge is 0.00886 e. The van der Waals surface area contributed by atoms with Crippen LogP contribution in [0, 0.1) is 23.7 Å². The van der Waals surface area contributed by atoms with E-state index in [1.54, 1.807) is 0 Å². The summed E-state index contributed by atoms with van der Waals surface area (Å²) in [6.07, 6.45) is 29.0. The van der Waals surface area contributed by atoms with E-state index in [1.165, 1.54) is 122 Å². The topological polar surface area (TPSA) is 0 Å². The van der Waals surface area contributed by atoms with Gasteiger partial charge in [-0.25, -0.2) is 0 Å². The first-order valence-electron chi connectivity index (χ1n) is 13.7. The highest BCUT2D eigenvalue weighted by Gasteiger charge is 2.14. The van der Waals surface area contributed by atoms with E-state index >= 15 is 0 Å². The monoisotopic (exact) mass is 404 g/mol. The molecule has 0 heterocycles. The van der Waals surface area contributed by atoms with Gasteiger partial charge in [0, 0.05) is 12.8 Å². The highest BCUT2D eigenvalue weighted by atomic mass is 14.2. The average Bonchev–Trinajstić information content (AvgIpc) is 2.74. The molecular weight excluding hydrogens is 348 g/mol. The lowest BCUT2D eigenvalue weighted by atomic mass is 9.83. The molecule has 0 amide bonds. The van der Waals surface area contributed by atoms with Crippen molar-refractivity contribution >= 4 is 0 Å². The summed E-state index contributed by atoms with van der Waals surface area (Å²) < 4.78 is 0. The Morgan fingerprint density at radius 2 is 0.862 bits per heavy atom. The van der Waals surface area contributed by atoms with Crippen LogP contribution in [-0.4, -0.2) is 0 Å². The maximum atomic E-state index is 3.41. The van der Waals surface area contributed by atoms with E-state index in [9.17, 15) is 0 Å². The highest BCUT2D eigenvalue weighted by Crippen LogP contribution is 2.27. The summed E-state index contributed by atoms with van der Waals surface area (Å²) in [5.41, 5.74) is 0. The fraction of sp³-hybridized carbons (Fsp3) is 0.931. The third kappa shape index (κ3) is 20.6. The first-order chi connectivity index (χ1) is 14.3. The van der Waals surface area contributed by atoms with Crippen LogP contribution in [0.2, 0.25) is 0 Å². The van der Waals surface area contributed by atoms with Crippen molar-refractivity contribution in [2.45, 2.75) is 163 Å². The fourth-order valence-electron chi connectivity index (χ4n) is 4.38. The van der Waals surface area contributed by atoms with E-state index in [-0.39, 0.29) is 0 Å². The minimum absolute atomic E-state index is 0.909. The van der Waals surface area contributed by atoms with Crippen molar-refractivity contribution in [2.24, 2.45) is 11.8 Å². The summed E-state index contributed by atoms with van der Waals surface area (Å²) in [5, 5.41) is 0. The van der Waals surface area contributed by atoms with E-state index in [1.807, 2.05) is 0 Å². The van der Waals surface area contributed by atoms with Crippen molar-refractivity contribution in [3.05, 3.63) is 0 Å². The van der Waals surface area contributed by atoms with E-state index in [4.69, 9.17) is 0 Å². The molecule has 0 N–H and O–H groups in total. The first kappa shape index (κ1) is 28.6. The molecule has 0 spiro atoms. The predicted octanol–water partition coefficient (Wildman–Crippen LogP) is 10.5. The Hall–Kier alpha value is -0.440. The Morgan fingerprint density at radius 1 is 0.483 bits per heavy atom. The second-order valence-electron chi connectivity index (χ2n) is 9.53. The molecule has 0 radical (unpaired) electrons. The normalized spacial score (nSPS) is 13.1. The van der Waals surface area contributed by atoms with Crippen LogP contribution in [0.15, 0.2) is 0 Å². The Morgan fingerprint density at radius 3 is 1.31 bits per heavy atom. The summed E-state index contributed by atoms with van der Waals surface area (Å²) in [6, 6.07) is 0. The van der Waals surface area contributed by atoms with Gasteiger partial charge in [0.1, 0.15) is 0 Å². The van der Waals surface area contributed by atoms with Crippen LogP contribution in [0.3, 0.4) is 0 Å². The van der Waals surface area contributed by atoms with E-state index < -0.39 is 0 Å². The minimum Gasteiger partial charge on any atom is -0.103 e. The number of hydrogen-bond acceptors (Lipinski definition) is 0. The molecule has 0 aliphatic carbocycles. The average molecular weight is 405 g/mol. The van der Waals surface area contributed by atoms with Gasteiger partial charge in [0.25, 0.3) is 0 Å². The summed E-state index contributed by atoms with van der Waals surface area (Å²) in [7, 11) is 0. The Kier molecular flexibility index (Phi) is 23.5. The molecule has 0 saturated carbocycles. The lowest BCUT2D eigenvalue weighted by molar-refractivity contribution is 0.288. The standard InChI is InChI=1S/C29H56/c1-5-8-10-12-14-16-17-18-19-21-23-25-27-29(28(4)7-3)26-24-22-20-15-13-11-9-6-2/h28-29H,5-16,19-27H2,1-4H3. The molecule has 0 aliphatic rings. The Labute approximate surface area is 186 Å². The van der Waals surface area contributed by atoms with Crippen LogP contribution >= 0.6 is 0 Å². The SMILES string of the molecule is CCCCCCCC#CCCCCCC(CCCCCCCCCC)C(C)CC. The molecule has 2 atom stereocenters. The van der Waals surface area contributed by atoms with Crippen molar-refractivity contribution in [1.82, 2.24) is 0 Å². The molecular formula is C29H56. The largest absolute Gasteiger partial charge is 0.103 e. The van der Waals surface area contributed by atoms with Gasteiger partial charge >= 0.3 is 0 Å². The zero-order chi connectivity index (χ0) is 21.4. The van der Waals surface area contributed by atoms with Crippen LogP contribution in [0.1, 0.15) is 163 Å². The zero-order valence-corrected chi connectivity index (χ0v) is 21.0. The second kappa shape index (κ2) is 23.8. The van der Waals surface area contributed by atoms with Gasteiger partial charge in [-0.1, -0.05) is 137 Å². The molecule has 0 aromatic rings. The molecule has 2 unspecified atom stereocenters. The van der Waals surface area contributed by atoms with Gasteiger partial charge in [0.15, 0.2) is 0 Å². The maximum Gasteiger partial charge on any atom is 0.00886 e. The van der Waals surface area contributed by atoms with Gasteiger partial charge in [0.2, 0.25) is 0 Å². The van der Waals surface area contributed by atoms with Gasteiger partial charge in [0.05, 0.1) is 0 Å². The maximum absolute atomic E-state index is 3.41. The van der Waals surface area contributed by atoms with Gasteiger partial charge in [-0.2, -0.15) is 0 Å². The van der Waals surface area contributed by atoms with Crippen LogP contribution in [-0.2, 0) is 0 Å². The fourth-order valence-corrected chi connectivity index (χ4v) is 4.38. The Bertz CT molecular complexity index is 358. The van der Waals surface area contributed by atoms with Crippen molar-refractivity contribution < 1.29 is 0 Å². The van der Waals surface area contributed by atoms with E-state index in [2.05, 4.69) is 39.5 Å². The van der Waals surface area contributed by atoms with E-state index in [0.29, 0.717) is 0 Å². The summed E-state index contributed by atoms with van der Waals surface area (Å²) >= 11 is 0. The van der Waals surface area contributed by atoms with E-state index in [0.717, 1.165) is 24.7 Å². The number of hydrogen-bond donors (Lipinski definition) is 0. The highest BCUT2D eigenvalue weighted by molar-refractivity contribution is 4.98. The molecule has 0 aromatic carbocycles. The zero-order valence-electron chi connectivity index (χ0n) is 21.0. The molecule has 0 rings (SSSR count). The summed E-state index contributed by atoms with van der Waals surface area (Å²) in [6.45, 7) is 9.45. The number of rotatable bonds is 21. The molecule has 0 aliphatic heterocycles. The minimum atomic E-state index is 0.909. The molecule has 29 heavy (non-hydrogen) atoms. The van der Waals surface area contributed by atoms with Crippen LogP contribution in [0.25, 0.3) is 0 Å². The van der Waals surface area contributed by atoms with Crippen LogP contribution in [0.4, 0.5) is 0 Å². The first-order valence-corrected chi connectivity index (χ1v) is 13.7. The Balaban J connectivity index is 3.67. The molecule has 0 aromatic heterocycles. The van der Waals surface area contributed by atoms with Crippen molar-refractivity contribution in [1.29, 1.82) is 0 Å².